The van der Waals surface area contributed by atoms with E-state index in [4.69, 9.17) is 0 Å². The van der Waals surface area contributed by atoms with Crippen molar-refractivity contribution in [3.8, 4) is 0 Å². The van der Waals surface area contributed by atoms with Crippen LogP contribution in [0.25, 0.3) is 0 Å². The van der Waals surface area contributed by atoms with E-state index in [-0.39, 0.29) is 12.3 Å². The number of carbonyl (C=O) groups excluding carboxylic acids is 1. The van der Waals surface area contributed by atoms with Gasteiger partial charge in [0, 0.05) is 12.1 Å². The zero-order valence-electron chi connectivity index (χ0n) is 7.52. The Labute approximate surface area is 83.8 Å². The quantitative estimate of drug-likeness (QED) is 0.774. The van der Waals surface area contributed by atoms with Crippen LogP contribution in [-0.2, 0) is 4.74 Å². The molecule has 81 valence electrons. The van der Waals surface area contributed by atoms with Crippen LogP contribution in [0.15, 0.2) is 12.1 Å². The minimum atomic E-state index is -1.59. The number of hydrogen-bond donors (Lipinski definition) is 1. The average Bonchev–Trinajstić information content (AvgIpc) is 2.14. The van der Waals surface area contributed by atoms with Crippen molar-refractivity contribution in [2.24, 2.45) is 0 Å². The molecule has 1 rings (SSSR count). The summed E-state index contributed by atoms with van der Waals surface area (Å²) in [6, 6.07) is 1.28. The summed E-state index contributed by atoms with van der Waals surface area (Å²) in [4.78, 5) is 10.8. The minimum absolute atomic E-state index is 0.127. The first-order chi connectivity index (χ1) is 7.04. The molecule has 3 nitrogen and oxygen atoms in total. The third-order valence-electron chi connectivity index (χ3n) is 1.46. The highest BCUT2D eigenvalue weighted by Crippen LogP contribution is 2.17. The van der Waals surface area contributed by atoms with E-state index in [1.54, 1.807) is 0 Å². The molecule has 0 spiro atoms. The van der Waals surface area contributed by atoms with Gasteiger partial charge < -0.3 is 4.74 Å². The molecule has 0 aliphatic carbocycles. The fourth-order valence-electron chi connectivity index (χ4n) is 0.874. The molecule has 0 aromatic heterocycles. The van der Waals surface area contributed by atoms with E-state index in [2.05, 4.69) is 11.7 Å². The summed E-state index contributed by atoms with van der Waals surface area (Å²) in [5.41, 5.74) is -0.232. The number of hydrogen-bond acceptors (Lipinski definition) is 2. The molecule has 0 saturated heterocycles. The Balaban J connectivity index is 2.83. The van der Waals surface area contributed by atoms with Crippen LogP contribution in [-0.4, -0.2) is 12.7 Å². The molecule has 1 aromatic rings. The Morgan fingerprint density at radius 1 is 1.33 bits per heavy atom. The van der Waals surface area contributed by atoms with Gasteiger partial charge in [0.2, 0.25) is 0 Å². The molecule has 1 aromatic carbocycles. The number of anilines is 1. The maximum atomic E-state index is 12.7. The number of rotatable bonds is 2. The van der Waals surface area contributed by atoms with Gasteiger partial charge in [0.25, 0.3) is 0 Å². The second-order valence-electron chi connectivity index (χ2n) is 2.51. The predicted octanol–water partition coefficient (Wildman–Crippen LogP) is 2.49. The second kappa shape index (κ2) is 4.68. The zero-order valence-corrected chi connectivity index (χ0v) is 7.52. The topological polar surface area (TPSA) is 38.3 Å². The molecular weight excluding hydrogens is 211 g/mol. The summed E-state index contributed by atoms with van der Waals surface area (Å²) in [5.74, 6) is -4.37. The lowest BCUT2D eigenvalue weighted by molar-refractivity contribution is 0.173. The van der Waals surface area contributed by atoms with Crippen LogP contribution in [0, 0.1) is 24.4 Å². The molecule has 1 N–H and O–H groups in total. The first-order valence-corrected chi connectivity index (χ1v) is 3.92. The highest BCUT2D eigenvalue weighted by atomic mass is 19.2. The van der Waals surface area contributed by atoms with Crippen molar-refractivity contribution < 1.29 is 22.7 Å². The van der Waals surface area contributed by atoms with Crippen LogP contribution >= 0.6 is 0 Å². The Kier molecular flexibility index (Phi) is 3.54. The van der Waals surface area contributed by atoms with Crippen molar-refractivity contribution in [2.75, 3.05) is 11.9 Å². The zero-order chi connectivity index (χ0) is 11.4. The van der Waals surface area contributed by atoms with Gasteiger partial charge in [0.05, 0.1) is 12.3 Å². The summed E-state index contributed by atoms with van der Waals surface area (Å²) >= 11 is 0. The predicted molar refractivity (Wildman–Crippen MR) is 46.6 cm³/mol. The van der Waals surface area contributed by atoms with E-state index in [1.807, 2.05) is 5.32 Å². The number of amides is 1. The lowest BCUT2D eigenvalue weighted by Gasteiger charge is -2.05. The van der Waals surface area contributed by atoms with Crippen LogP contribution in [0.5, 0.6) is 0 Å². The average molecular weight is 218 g/mol. The van der Waals surface area contributed by atoms with Gasteiger partial charge in [-0.15, -0.1) is 0 Å². The van der Waals surface area contributed by atoms with Crippen LogP contribution in [0.2, 0.25) is 0 Å². The Morgan fingerprint density at radius 2 is 1.87 bits per heavy atom. The van der Waals surface area contributed by atoms with Crippen molar-refractivity contribution in [1.82, 2.24) is 0 Å². The van der Waals surface area contributed by atoms with Gasteiger partial charge >= 0.3 is 6.09 Å². The molecule has 0 unspecified atom stereocenters. The van der Waals surface area contributed by atoms with E-state index in [9.17, 15) is 18.0 Å². The largest absolute Gasteiger partial charge is 0.449 e. The molecule has 0 heterocycles. The maximum absolute atomic E-state index is 12.7. The Morgan fingerprint density at radius 3 is 2.33 bits per heavy atom. The van der Waals surface area contributed by atoms with Gasteiger partial charge in [-0.05, 0) is 6.92 Å². The highest BCUT2D eigenvalue weighted by Gasteiger charge is 2.12. The SMILES string of the molecule is [CH2]COC(=O)Nc1cc(F)c(F)c(F)c1. The molecule has 1 radical (unpaired) electrons. The standard InChI is InChI=1S/C9H7F3NO2/c1-2-15-9(14)13-5-3-6(10)8(12)7(11)4-5/h3-4H,1-2H2,(H,13,14). The van der Waals surface area contributed by atoms with Crippen LogP contribution in [0.1, 0.15) is 0 Å². The third kappa shape index (κ3) is 2.87. The van der Waals surface area contributed by atoms with E-state index in [0.29, 0.717) is 12.1 Å². The van der Waals surface area contributed by atoms with E-state index in [1.165, 1.54) is 0 Å². The summed E-state index contributed by atoms with van der Waals surface area (Å²) in [5, 5.41) is 2.00. The fraction of sp³-hybridized carbons (Fsp3) is 0.111. The summed E-state index contributed by atoms with van der Waals surface area (Å²) in [6.45, 7) is 3.10. The van der Waals surface area contributed by atoms with Crippen LogP contribution in [0.4, 0.5) is 23.7 Å². The van der Waals surface area contributed by atoms with E-state index in [0.717, 1.165) is 0 Å². The number of nitrogens with one attached hydrogen (secondary N) is 1. The van der Waals surface area contributed by atoms with Crippen molar-refractivity contribution in [3.63, 3.8) is 0 Å². The van der Waals surface area contributed by atoms with Crippen LogP contribution < -0.4 is 5.32 Å². The van der Waals surface area contributed by atoms with Crippen molar-refractivity contribution in [3.05, 3.63) is 36.5 Å². The van der Waals surface area contributed by atoms with E-state index < -0.39 is 23.5 Å². The first-order valence-electron chi connectivity index (χ1n) is 3.92. The molecule has 0 atom stereocenters. The van der Waals surface area contributed by atoms with Gasteiger partial charge in [0.15, 0.2) is 17.5 Å². The van der Waals surface area contributed by atoms with Gasteiger partial charge in [-0.25, -0.2) is 18.0 Å². The highest BCUT2D eigenvalue weighted by molar-refractivity contribution is 5.84. The second-order valence-corrected chi connectivity index (χ2v) is 2.51. The number of benzene rings is 1. The lowest BCUT2D eigenvalue weighted by atomic mass is 10.3. The van der Waals surface area contributed by atoms with Gasteiger partial charge in [0.1, 0.15) is 0 Å². The molecule has 0 bridgehead atoms. The van der Waals surface area contributed by atoms with Gasteiger partial charge in [-0.1, -0.05) is 0 Å². The lowest BCUT2D eigenvalue weighted by Crippen LogP contribution is -2.14. The fourth-order valence-corrected chi connectivity index (χ4v) is 0.874. The normalized spacial score (nSPS) is 9.87. The molecule has 15 heavy (non-hydrogen) atoms. The number of ether oxygens (including phenoxy) is 1. The molecule has 6 heteroatoms. The first kappa shape index (κ1) is 11.4. The summed E-state index contributed by atoms with van der Waals surface area (Å²) < 4.78 is 42.2. The summed E-state index contributed by atoms with van der Waals surface area (Å²) in [6.07, 6.45) is -0.921. The van der Waals surface area contributed by atoms with Crippen molar-refractivity contribution >= 4 is 11.8 Å². The van der Waals surface area contributed by atoms with Gasteiger partial charge in [-0.2, -0.15) is 0 Å². The summed E-state index contributed by atoms with van der Waals surface area (Å²) in [7, 11) is 0. The number of halogens is 3. The van der Waals surface area contributed by atoms with Gasteiger partial charge in [-0.3, -0.25) is 5.32 Å². The molecule has 0 fully saturated rings. The smallest absolute Gasteiger partial charge is 0.411 e. The Bertz CT molecular complexity index is 359. The Hall–Kier alpha value is -1.72. The third-order valence-corrected chi connectivity index (χ3v) is 1.46. The molecular formula is C9H7F3NO2. The van der Waals surface area contributed by atoms with E-state index >= 15 is 0 Å². The number of carbonyl (C=O) groups is 1. The molecule has 0 saturated carbocycles. The monoisotopic (exact) mass is 218 g/mol. The van der Waals surface area contributed by atoms with Crippen molar-refractivity contribution in [2.45, 2.75) is 0 Å². The molecule has 0 aliphatic rings. The maximum Gasteiger partial charge on any atom is 0.411 e. The molecule has 0 aliphatic heterocycles. The molecule has 1 amide bonds. The minimum Gasteiger partial charge on any atom is -0.449 e. The van der Waals surface area contributed by atoms with Crippen LogP contribution in [0.3, 0.4) is 0 Å². The van der Waals surface area contributed by atoms with Crippen molar-refractivity contribution in [1.29, 1.82) is 0 Å².